The molecule has 38 heavy (non-hydrogen) atoms. The summed E-state index contributed by atoms with van der Waals surface area (Å²) in [5.74, 6) is 1.19. The van der Waals surface area contributed by atoms with E-state index in [4.69, 9.17) is 9.29 Å². The number of rotatable bonds is 6. The molecule has 0 aromatic carbocycles. The molecule has 220 valence electrons. The van der Waals surface area contributed by atoms with Gasteiger partial charge in [0.05, 0.1) is 12.1 Å². The summed E-state index contributed by atoms with van der Waals surface area (Å²) < 4.78 is 30.9. The minimum atomic E-state index is -3.67. The van der Waals surface area contributed by atoms with Crippen molar-refractivity contribution in [2.24, 2.45) is 0 Å². The third-order valence-corrected chi connectivity index (χ3v) is 7.62. The van der Waals surface area contributed by atoms with Gasteiger partial charge < -0.3 is 15.4 Å². The first kappa shape index (κ1) is 36.3. The minimum Gasteiger partial charge on any atom is -0.444 e. The summed E-state index contributed by atoms with van der Waals surface area (Å²) in [5, 5.41) is 8.73. The molecule has 11 nitrogen and oxygen atoms in total. The molecule has 2 unspecified atom stereocenters. The van der Waals surface area contributed by atoms with Gasteiger partial charge in [-0.15, -0.1) is 36.7 Å². The van der Waals surface area contributed by atoms with E-state index in [0.717, 1.165) is 5.88 Å². The fourth-order valence-electron chi connectivity index (χ4n) is 3.29. The Balaban J connectivity index is 0.000000648. The topological polar surface area (TPSA) is 154 Å². The van der Waals surface area contributed by atoms with E-state index in [0.29, 0.717) is 25.2 Å². The second-order valence-corrected chi connectivity index (χ2v) is 15.3. The number of carbonyl (C=O) groups is 3. The average Bonchev–Trinajstić information content (AvgIpc) is 3.26. The zero-order chi connectivity index (χ0) is 29.9. The summed E-state index contributed by atoms with van der Waals surface area (Å²) in [6.45, 7) is 21.6. The number of carbonyl (C=O) groups excluding carboxylic acids is 3. The molecular formula is C24H44N4O7S3. The van der Waals surface area contributed by atoms with E-state index in [9.17, 15) is 22.8 Å². The van der Waals surface area contributed by atoms with Crippen molar-refractivity contribution < 1.29 is 32.1 Å². The fraction of sp³-hybridized carbons (Fsp3) is 0.708. The van der Waals surface area contributed by atoms with E-state index in [2.05, 4.69) is 43.0 Å². The Morgan fingerprint density at radius 1 is 1.05 bits per heavy atom. The molecule has 2 heterocycles. The van der Waals surface area contributed by atoms with Crippen LogP contribution in [0.4, 0.5) is 4.79 Å². The summed E-state index contributed by atoms with van der Waals surface area (Å²) in [6, 6.07) is -0.625. The van der Waals surface area contributed by atoms with Gasteiger partial charge in [-0.1, -0.05) is 12.2 Å². The molecular weight excluding hydrogens is 552 g/mol. The van der Waals surface area contributed by atoms with Gasteiger partial charge in [-0.2, -0.15) is 8.42 Å². The first-order valence-electron chi connectivity index (χ1n) is 11.9. The number of hydrogen-bond donors (Lipinski definition) is 4. The Morgan fingerprint density at radius 3 is 1.92 bits per heavy atom. The molecule has 0 spiro atoms. The molecule has 2 rings (SSSR count). The number of hydrogen-bond acceptors (Lipinski definition) is 9. The normalized spacial score (nSPS) is 21.6. The Kier molecular flexibility index (Phi) is 14.5. The number of amides is 3. The lowest BCUT2D eigenvalue weighted by molar-refractivity contribution is -0.126. The van der Waals surface area contributed by atoms with Crippen molar-refractivity contribution in [1.29, 1.82) is 0 Å². The number of nitrogens with zero attached hydrogens (tertiary/aromatic N) is 1. The molecule has 0 radical (unpaired) electrons. The molecule has 2 aliphatic heterocycles. The summed E-state index contributed by atoms with van der Waals surface area (Å²) >= 11 is 3.34. The zero-order valence-electron chi connectivity index (χ0n) is 23.6. The summed E-state index contributed by atoms with van der Waals surface area (Å²) in [7, 11) is -3.67. The van der Waals surface area contributed by atoms with Crippen LogP contribution in [0.5, 0.6) is 0 Å². The van der Waals surface area contributed by atoms with E-state index in [1.165, 1.54) is 4.90 Å². The molecule has 2 fully saturated rings. The van der Waals surface area contributed by atoms with Crippen molar-refractivity contribution in [3.8, 4) is 0 Å². The van der Waals surface area contributed by atoms with Gasteiger partial charge in [0, 0.05) is 28.5 Å². The summed E-state index contributed by atoms with van der Waals surface area (Å²) in [4.78, 5) is 37.6. The Morgan fingerprint density at radius 2 is 1.53 bits per heavy atom. The highest BCUT2D eigenvalue weighted by atomic mass is 32.2. The third kappa shape index (κ3) is 13.9. The molecule has 0 aromatic rings. The van der Waals surface area contributed by atoms with Crippen LogP contribution in [-0.2, 0) is 24.4 Å². The molecule has 0 bridgehead atoms. The minimum absolute atomic E-state index is 0.00868. The lowest BCUT2D eigenvalue weighted by Crippen LogP contribution is -2.54. The smallest absolute Gasteiger partial charge is 0.411 e. The van der Waals surface area contributed by atoms with Crippen LogP contribution in [0.2, 0.25) is 0 Å². The van der Waals surface area contributed by atoms with Gasteiger partial charge in [0.2, 0.25) is 11.8 Å². The highest BCUT2D eigenvalue weighted by molar-refractivity contribution is 8.01. The molecule has 14 heteroatoms. The quantitative estimate of drug-likeness (QED) is 0.266. The monoisotopic (exact) mass is 596 g/mol. The van der Waals surface area contributed by atoms with Crippen LogP contribution in [0.25, 0.3) is 0 Å². The van der Waals surface area contributed by atoms with Gasteiger partial charge in [0.1, 0.15) is 17.7 Å². The maximum absolute atomic E-state index is 12.3. The standard InChI is InChI=1S/C14H24N2O3S.C9H16N2OS.CH4O3S/c1-7-8-15-11(17)10-14(5,6)20-9-16(10)12(18)19-13(2,3)4;1-4-5-10-8(12)7-9(2,3)13-6-11-7;1-5(2,3)4/h7,10H,1,8-9H2,2-6H3,(H,15,17);4,7,11H,1,5-6H2,2-3H3,(H,10,12);1H3,(H,2,3,4). The number of ether oxygens (including phenoxy) is 1. The van der Waals surface area contributed by atoms with Crippen LogP contribution in [0, 0.1) is 0 Å². The van der Waals surface area contributed by atoms with Gasteiger partial charge in [-0.05, 0) is 48.5 Å². The van der Waals surface area contributed by atoms with Gasteiger partial charge in [0.25, 0.3) is 10.1 Å². The highest BCUT2D eigenvalue weighted by Gasteiger charge is 2.49. The van der Waals surface area contributed by atoms with E-state index >= 15 is 0 Å². The van der Waals surface area contributed by atoms with Crippen LogP contribution >= 0.6 is 23.5 Å². The molecule has 4 N–H and O–H groups in total. The molecule has 2 saturated heterocycles. The van der Waals surface area contributed by atoms with E-state index < -0.39 is 27.9 Å². The predicted molar refractivity (Wildman–Crippen MR) is 156 cm³/mol. The van der Waals surface area contributed by atoms with Gasteiger partial charge in [0.15, 0.2) is 0 Å². The van der Waals surface area contributed by atoms with Crippen LogP contribution in [-0.4, -0.2) is 94.1 Å². The number of thioether (sulfide) groups is 2. The lowest BCUT2D eigenvalue weighted by Gasteiger charge is -2.31. The van der Waals surface area contributed by atoms with Crippen LogP contribution in [0.3, 0.4) is 0 Å². The van der Waals surface area contributed by atoms with Crippen molar-refractivity contribution in [3.63, 3.8) is 0 Å². The van der Waals surface area contributed by atoms with Crippen molar-refractivity contribution >= 4 is 51.5 Å². The molecule has 2 aliphatic rings. The first-order valence-corrected chi connectivity index (χ1v) is 15.7. The highest BCUT2D eigenvalue weighted by Crippen LogP contribution is 2.40. The van der Waals surface area contributed by atoms with Gasteiger partial charge >= 0.3 is 6.09 Å². The Hall–Kier alpha value is -1.74. The van der Waals surface area contributed by atoms with Crippen LogP contribution < -0.4 is 16.0 Å². The van der Waals surface area contributed by atoms with Crippen molar-refractivity contribution in [1.82, 2.24) is 20.9 Å². The van der Waals surface area contributed by atoms with Crippen molar-refractivity contribution in [2.45, 2.75) is 75.6 Å². The largest absolute Gasteiger partial charge is 0.444 e. The molecule has 3 amide bonds. The van der Waals surface area contributed by atoms with Crippen LogP contribution in [0.15, 0.2) is 25.3 Å². The molecule has 0 aliphatic carbocycles. The second kappa shape index (κ2) is 15.2. The summed E-state index contributed by atoms with van der Waals surface area (Å²) in [5.41, 5.74) is -0.573. The lowest BCUT2D eigenvalue weighted by atomic mass is 10.0. The van der Waals surface area contributed by atoms with Crippen molar-refractivity contribution in [3.05, 3.63) is 25.3 Å². The van der Waals surface area contributed by atoms with E-state index in [1.807, 2.05) is 34.6 Å². The van der Waals surface area contributed by atoms with E-state index in [1.54, 1.807) is 35.7 Å². The van der Waals surface area contributed by atoms with Crippen molar-refractivity contribution in [2.75, 3.05) is 31.1 Å². The number of nitrogens with one attached hydrogen (secondary N) is 3. The van der Waals surface area contributed by atoms with E-state index in [-0.39, 0.29) is 27.4 Å². The SMILES string of the molecule is C=CCNC(=O)C1N(C(=O)OC(C)(C)C)CSC1(C)C.C=CCNC(=O)C1NCSC1(C)C.CS(=O)(=O)O. The second-order valence-electron chi connectivity index (χ2n) is 10.6. The maximum Gasteiger partial charge on any atom is 0.411 e. The molecule has 0 saturated carbocycles. The average molecular weight is 597 g/mol. The predicted octanol–water partition coefficient (Wildman–Crippen LogP) is 2.61. The van der Waals surface area contributed by atoms with Gasteiger partial charge in [-0.25, -0.2) is 4.79 Å². The Bertz CT molecular complexity index is 939. The maximum atomic E-state index is 12.3. The van der Waals surface area contributed by atoms with Gasteiger partial charge in [-0.3, -0.25) is 24.4 Å². The molecule has 2 atom stereocenters. The fourth-order valence-corrected chi connectivity index (χ4v) is 5.39. The molecule has 0 aromatic heterocycles. The third-order valence-electron chi connectivity index (χ3n) is 4.95. The summed E-state index contributed by atoms with van der Waals surface area (Å²) in [6.07, 6.45) is 3.57. The van der Waals surface area contributed by atoms with Crippen LogP contribution in [0.1, 0.15) is 48.5 Å². The zero-order valence-corrected chi connectivity index (χ0v) is 26.1. The first-order chi connectivity index (χ1) is 17.2. The Labute approximate surface area is 236 Å².